The lowest BCUT2D eigenvalue weighted by molar-refractivity contribution is 0.134. The average molecular weight is 293 g/mol. The van der Waals surface area contributed by atoms with E-state index in [2.05, 4.69) is 22.1 Å². The molecular formula is C17H27NOS. The van der Waals surface area contributed by atoms with Crippen molar-refractivity contribution in [3.05, 3.63) is 22.4 Å². The molecule has 2 saturated carbocycles. The lowest BCUT2D eigenvalue weighted by atomic mass is 9.69. The SMILES string of the molecule is COCCNCC1(CCc2ccsc2)CC2CCC1C2. The Labute approximate surface area is 126 Å². The van der Waals surface area contributed by atoms with Crippen molar-refractivity contribution in [2.45, 2.75) is 38.5 Å². The maximum absolute atomic E-state index is 5.16. The van der Waals surface area contributed by atoms with E-state index in [-0.39, 0.29) is 0 Å². The molecule has 2 nitrogen and oxygen atoms in total. The monoisotopic (exact) mass is 293 g/mol. The molecule has 0 amide bonds. The highest BCUT2D eigenvalue weighted by molar-refractivity contribution is 7.07. The highest BCUT2D eigenvalue weighted by atomic mass is 32.1. The average Bonchev–Trinajstić information content (AvgIpc) is 3.18. The molecule has 3 heteroatoms. The first-order chi connectivity index (χ1) is 9.82. The van der Waals surface area contributed by atoms with Crippen LogP contribution in [0, 0.1) is 17.3 Å². The summed E-state index contributed by atoms with van der Waals surface area (Å²) in [6.07, 6.45) is 8.55. The van der Waals surface area contributed by atoms with E-state index in [9.17, 15) is 0 Å². The summed E-state index contributed by atoms with van der Waals surface area (Å²) in [5.41, 5.74) is 2.10. The molecule has 3 rings (SSSR count). The number of ether oxygens (including phenoxy) is 1. The molecule has 0 saturated heterocycles. The molecule has 112 valence electrons. The molecule has 0 radical (unpaired) electrons. The molecule has 0 spiro atoms. The van der Waals surface area contributed by atoms with Crippen molar-refractivity contribution in [2.75, 3.05) is 26.8 Å². The van der Waals surface area contributed by atoms with Crippen LogP contribution < -0.4 is 5.32 Å². The zero-order valence-electron chi connectivity index (χ0n) is 12.6. The molecular weight excluding hydrogens is 266 g/mol. The van der Waals surface area contributed by atoms with Crippen LogP contribution in [0.1, 0.15) is 37.7 Å². The number of thiophene rings is 1. The fourth-order valence-corrected chi connectivity index (χ4v) is 5.21. The summed E-state index contributed by atoms with van der Waals surface area (Å²) in [4.78, 5) is 0. The Morgan fingerprint density at radius 3 is 3.05 bits per heavy atom. The van der Waals surface area contributed by atoms with Gasteiger partial charge in [0.05, 0.1) is 6.61 Å². The summed E-state index contributed by atoms with van der Waals surface area (Å²) in [7, 11) is 1.78. The van der Waals surface area contributed by atoms with Crippen LogP contribution in [0.2, 0.25) is 0 Å². The van der Waals surface area contributed by atoms with Crippen LogP contribution >= 0.6 is 11.3 Å². The van der Waals surface area contributed by atoms with Gasteiger partial charge in [0.25, 0.3) is 0 Å². The normalized spacial score (nSPS) is 32.0. The molecule has 1 aromatic rings. The molecule has 20 heavy (non-hydrogen) atoms. The molecule has 3 atom stereocenters. The van der Waals surface area contributed by atoms with Crippen molar-refractivity contribution in [1.82, 2.24) is 5.32 Å². The summed E-state index contributed by atoms with van der Waals surface area (Å²) in [5, 5.41) is 8.19. The Morgan fingerprint density at radius 1 is 1.45 bits per heavy atom. The van der Waals surface area contributed by atoms with E-state index in [1.807, 2.05) is 11.3 Å². The first kappa shape index (κ1) is 14.6. The van der Waals surface area contributed by atoms with E-state index < -0.39 is 0 Å². The highest BCUT2D eigenvalue weighted by Gasteiger charge is 2.49. The second-order valence-electron chi connectivity index (χ2n) is 6.74. The quantitative estimate of drug-likeness (QED) is 0.738. The van der Waals surface area contributed by atoms with E-state index in [1.165, 1.54) is 50.6 Å². The van der Waals surface area contributed by atoms with Gasteiger partial charge in [-0.1, -0.05) is 6.42 Å². The second kappa shape index (κ2) is 6.59. The maximum atomic E-state index is 5.16. The van der Waals surface area contributed by atoms with Gasteiger partial charge < -0.3 is 10.1 Å². The first-order valence-electron chi connectivity index (χ1n) is 8.03. The number of methoxy groups -OCH3 is 1. The van der Waals surface area contributed by atoms with Crippen molar-refractivity contribution in [2.24, 2.45) is 17.3 Å². The van der Waals surface area contributed by atoms with Gasteiger partial charge in [-0.05, 0) is 71.7 Å². The number of hydrogen-bond acceptors (Lipinski definition) is 3. The lowest BCUT2D eigenvalue weighted by Gasteiger charge is -2.38. The van der Waals surface area contributed by atoms with Crippen LogP contribution in [0.15, 0.2) is 16.8 Å². The van der Waals surface area contributed by atoms with E-state index in [0.717, 1.165) is 25.0 Å². The van der Waals surface area contributed by atoms with Gasteiger partial charge in [-0.2, -0.15) is 11.3 Å². The minimum Gasteiger partial charge on any atom is -0.383 e. The zero-order valence-corrected chi connectivity index (χ0v) is 13.4. The summed E-state index contributed by atoms with van der Waals surface area (Å²) in [6.45, 7) is 3.02. The van der Waals surface area contributed by atoms with E-state index >= 15 is 0 Å². The molecule has 2 bridgehead atoms. The summed E-state index contributed by atoms with van der Waals surface area (Å²) >= 11 is 1.83. The van der Waals surface area contributed by atoms with E-state index in [1.54, 1.807) is 7.11 Å². The van der Waals surface area contributed by atoms with Gasteiger partial charge in [-0.25, -0.2) is 0 Å². The molecule has 1 aromatic heterocycles. The Balaban J connectivity index is 1.58. The van der Waals surface area contributed by atoms with Crippen molar-refractivity contribution < 1.29 is 4.74 Å². The zero-order chi connectivity index (χ0) is 13.8. The fourth-order valence-electron chi connectivity index (χ4n) is 4.51. The molecule has 2 aliphatic rings. The third-order valence-corrected chi connectivity index (χ3v) is 6.29. The predicted octanol–water partition coefficient (Wildman–Crippen LogP) is 3.72. The van der Waals surface area contributed by atoms with Gasteiger partial charge in [-0.15, -0.1) is 0 Å². The molecule has 0 aliphatic heterocycles. The molecule has 2 aliphatic carbocycles. The number of aryl methyl sites for hydroxylation is 1. The molecule has 0 aromatic carbocycles. The number of rotatable bonds is 8. The van der Waals surface area contributed by atoms with Crippen LogP contribution in [0.4, 0.5) is 0 Å². The Kier molecular flexibility index (Phi) is 4.79. The third kappa shape index (κ3) is 3.10. The standard InChI is InChI=1S/C17H27NOS/c1-19-8-7-18-13-17(6-4-14-5-9-20-12-14)11-15-2-3-16(17)10-15/h5,9,12,15-16,18H,2-4,6-8,10-11,13H2,1H3. The number of hydrogen-bond donors (Lipinski definition) is 1. The van der Waals surface area contributed by atoms with Crippen molar-refractivity contribution in [3.63, 3.8) is 0 Å². The smallest absolute Gasteiger partial charge is 0.0587 e. The molecule has 3 unspecified atom stereocenters. The Hall–Kier alpha value is -0.380. The predicted molar refractivity (Wildman–Crippen MR) is 85.3 cm³/mol. The lowest BCUT2D eigenvalue weighted by Crippen LogP contribution is -2.40. The molecule has 1 heterocycles. The minimum absolute atomic E-state index is 0.568. The van der Waals surface area contributed by atoms with Gasteiger partial charge in [0.15, 0.2) is 0 Å². The van der Waals surface area contributed by atoms with Crippen molar-refractivity contribution in [1.29, 1.82) is 0 Å². The second-order valence-corrected chi connectivity index (χ2v) is 7.52. The van der Waals surface area contributed by atoms with Crippen molar-refractivity contribution in [3.8, 4) is 0 Å². The third-order valence-electron chi connectivity index (χ3n) is 5.55. The van der Waals surface area contributed by atoms with Gasteiger partial charge in [-0.3, -0.25) is 0 Å². The summed E-state index contributed by atoms with van der Waals surface area (Å²) in [6, 6.07) is 2.30. The molecule has 2 fully saturated rings. The van der Waals surface area contributed by atoms with Crippen molar-refractivity contribution >= 4 is 11.3 Å². The van der Waals surface area contributed by atoms with Crippen LogP contribution in [0.3, 0.4) is 0 Å². The van der Waals surface area contributed by atoms with Gasteiger partial charge in [0.1, 0.15) is 0 Å². The Morgan fingerprint density at radius 2 is 2.40 bits per heavy atom. The van der Waals surface area contributed by atoms with Gasteiger partial charge >= 0.3 is 0 Å². The largest absolute Gasteiger partial charge is 0.383 e. The number of fused-ring (bicyclic) bond motifs is 2. The maximum Gasteiger partial charge on any atom is 0.0587 e. The van der Waals surface area contributed by atoms with Gasteiger partial charge in [0, 0.05) is 20.2 Å². The van der Waals surface area contributed by atoms with Crippen LogP contribution in [0.5, 0.6) is 0 Å². The summed E-state index contributed by atoms with van der Waals surface area (Å²) in [5.74, 6) is 1.99. The van der Waals surface area contributed by atoms with Crippen LogP contribution in [-0.2, 0) is 11.2 Å². The minimum atomic E-state index is 0.568. The Bertz CT molecular complexity index is 405. The van der Waals surface area contributed by atoms with E-state index in [4.69, 9.17) is 4.74 Å². The molecule has 1 N–H and O–H groups in total. The van der Waals surface area contributed by atoms with Gasteiger partial charge in [0.2, 0.25) is 0 Å². The topological polar surface area (TPSA) is 21.3 Å². The fraction of sp³-hybridized carbons (Fsp3) is 0.765. The van der Waals surface area contributed by atoms with Crippen LogP contribution in [0.25, 0.3) is 0 Å². The van der Waals surface area contributed by atoms with Crippen LogP contribution in [-0.4, -0.2) is 26.8 Å². The first-order valence-corrected chi connectivity index (χ1v) is 8.97. The number of nitrogens with one attached hydrogen (secondary N) is 1. The summed E-state index contributed by atoms with van der Waals surface area (Å²) < 4.78 is 5.16. The van der Waals surface area contributed by atoms with E-state index in [0.29, 0.717) is 5.41 Å². The highest BCUT2D eigenvalue weighted by Crippen LogP contribution is 2.57.